The summed E-state index contributed by atoms with van der Waals surface area (Å²) in [7, 11) is 1.51. The third-order valence-corrected chi connectivity index (χ3v) is 3.20. The Morgan fingerprint density at radius 1 is 1.18 bits per heavy atom. The first-order chi connectivity index (χ1) is 5.24. The SMILES string of the molecule is FC(F)c1ccc(SI)cc1. The first-order valence-electron chi connectivity index (χ1n) is 2.90. The minimum Gasteiger partial charge on any atom is -0.205 e. The Hall–Kier alpha value is 0.160. The molecule has 1 aromatic carbocycles. The van der Waals surface area contributed by atoms with E-state index in [2.05, 4.69) is 21.2 Å². The third kappa shape index (κ3) is 2.59. The fourth-order valence-electron chi connectivity index (χ4n) is 0.665. The lowest BCUT2D eigenvalue weighted by molar-refractivity contribution is 0.151. The van der Waals surface area contributed by atoms with E-state index in [9.17, 15) is 8.78 Å². The van der Waals surface area contributed by atoms with Crippen molar-refractivity contribution in [2.75, 3.05) is 0 Å². The van der Waals surface area contributed by atoms with Crippen molar-refractivity contribution in [2.24, 2.45) is 0 Å². The maximum atomic E-state index is 12.0. The van der Waals surface area contributed by atoms with Gasteiger partial charge >= 0.3 is 0 Å². The molecule has 0 aliphatic heterocycles. The van der Waals surface area contributed by atoms with Crippen LogP contribution in [-0.2, 0) is 0 Å². The molecule has 0 aliphatic rings. The lowest BCUT2D eigenvalue weighted by atomic mass is 10.2. The predicted molar refractivity (Wildman–Crippen MR) is 51.3 cm³/mol. The summed E-state index contributed by atoms with van der Waals surface area (Å²) in [5, 5.41) is 0. The van der Waals surface area contributed by atoms with Crippen LogP contribution in [-0.4, -0.2) is 0 Å². The van der Waals surface area contributed by atoms with Crippen LogP contribution in [0.2, 0.25) is 0 Å². The molecule has 0 bridgehead atoms. The van der Waals surface area contributed by atoms with E-state index in [1.807, 2.05) is 0 Å². The van der Waals surface area contributed by atoms with Gasteiger partial charge in [0, 0.05) is 31.7 Å². The molecular formula is C7H5F2IS. The second kappa shape index (κ2) is 4.25. The van der Waals surface area contributed by atoms with E-state index in [0.29, 0.717) is 0 Å². The number of benzene rings is 1. The highest BCUT2D eigenvalue weighted by Gasteiger charge is 2.04. The second-order valence-electron chi connectivity index (χ2n) is 1.95. The summed E-state index contributed by atoms with van der Waals surface area (Å²) in [6.07, 6.45) is -2.36. The topological polar surface area (TPSA) is 0 Å². The second-order valence-corrected chi connectivity index (χ2v) is 3.89. The van der Waals surface area contributed by atoms with Crippen molar-refractivity contribution in [3.63, 3.8) is 0 Å². The summed E-state index contributed by atoms with van der Waals surface area (Å²) >= 11 is 2.11. The number of rotatable bonds is 2. The molecule has 11 heavy (non-hydrogen) atoms. The Labute approximate surface area is 80.0 Å². The number of halogens is 3. The van der Waals surface area contributed by atoms with Gasteiger partial charge in [0.05, 0.1) is 0 Å². The van der Waals surface area contributed by atoms with Crippen LogP contribution in [0.1, 0.15) is 12.0 Å². The molecule has 60 valence electrons. The molecule has 0 unspecified atom stereocenters. The zero-order valence-electron chi connectivity index (χ0n) is 5.43. The van der Waals surface area contributed by atoms with Crippen LogP contribution < -0.4 is 0 Å². The van der Waals surface area contributed by atoms with Gasteiger partial charge in [-0.1, -0.05) is 21.1 Å². The molecule has 1 rings (SSSR count). The highest BCUT2D eigenvalue weighted by atomic mass is 127. The first kappa shape index (κ1) is 9.25. The van der Waals surface area contributed by atoms with Crippen molar-refractivity contribution in [2.45, 2.75) is 11.3 Å². The van der Waals surface area contributed by atoms with E-state index in [1.165, 1.54) is 21.1 Å². The Morgan fingerprint density at radius 3 is 2.09 bits per heavy atom. The van der Waals surface area contributed by atoms with E-state index in [1.54, 1.807) is 12.1 Å². The average Bonchev–Trinajstić information content (AvgIpc) is 2.05. The Kier molecular flexibility index (Phi) is 3.58. The predicted octanol–water partition coefficient (Wildman–Crippen LogP) is 4.07. The monoisotopic (exact) mass is 286 g/mol. The maximum Gasteiger partial charge on any atom is 0.263 e. The molecule has 0 aromatic heterocycles. The fourth-order valence-corrected chi connectivity index (χ4v) is 1.78. The first-order valence-corrected chi connectivity index (χ1v) is 6.26. The number of alkyl halides is 2. The summed E-state index contributed by atoms with van der Waals surface area (Å²) in [6, 6.07) is 6.29. The molecule has 0 fully saturated rings. The van der Waals surface area contributed by atoms with Crippen LogP contribution in [0.15, 0.2) is 29.2 Å². The van der Waals surface area contributed by atoms with E-state index >= 15 is 0 Å². The minimum atomic E-state index is -2.36. The minimum absolute atomic E-state index is 0.0826. The zero-order chi connectivity index (χ0) is 8.27. The van der Waals surface area contributed by atoms with Crippen LogP contribution >= 0.6 is 30.1 Å². The largest absolute Gasteiger partial charge is 0.263 e. The highest BCUT2D eigenvalue weighted by Crippen LogP contribution is 2.27. The third-order valence-electron chi connectivity index (χ3n) is 1.22. The zero-order valence-corrected chi connectivity index (χ0v) is 8.40. The smallest absolute Gasteiger partial charge is 0.205 e. The van der Waals surface area contributed by atoms with Gasteiger partial charge in [0.1, 0.15) is 0 Å². The molecular weight excluding hydrogens is 281 g/mol. The summed E-state index contributed by atoms with van der Waals surface area (Å²) in [4.78, 5) is 0.995. The lowest BCUT2D eigenvalue weighted by Crippen LogP contribution is -1.81. The van der Waals surface area contributed by atoms with E-state index < -0.39 is 6.43 Å². The van der Waals surface area contributed by atoms with Crippen LogP contribution in [0.3, 0.4) is 0 Å². The van der Waals surface area contributed by atoms with E-state index in [0.717, 1.165) is 4.90 Å². The van der Waals surface area contributed by atoms with Crippen molar-refractivity contribution in [1.29, 1.82) is 0 Å². The Balaban J connectivity index is 2.83. The van der Waals surface area contributed by atoms with Crippen molar-refractivity contribution in [3.05, 3.63) is 29.8 Å². The van der Waals surface area contributed by atoms with Crippen LogP contribution in [0, 0.1) is 0 Å². The molecule has 0 amide bonds. The normalized spacial score (nSPS) is 10.5. The molecule has 0 saturated carbocycles. The maximum absolute atomic E-state index is 12.0. The molecule has 0 radical (unpaired) electrons. The summed E-state index contributed by atoms with van der Waals surface area (Å²) in [6.45, 7) is 0. The van der Waals surface area contributed by atoms with Crippen molar-refractivity contribution < 1.29 is 8.78 Å². The summed E-state index contributed by atoms with van der Waals surface area (Å²) < 4.78 is 24.0. The quantitative estimate of drug-likeness (QED) is 0.739. The highest BCUT2D eigenvalue weighted by molar-refractivity contribution is 14.2. The molecule has 0 saturated heterocycles. The fraction of sp³-hybridized carbons (Fsp3) is 0.143. The van der Waals surface area contributed by atoms with Crippen molar-refractivity contribution in [3.8, 4) is 0 Å². The molecule has 0 N–H and O–H groups in total. The molecule has 1 aromatic rings. The number of hydrogen-bond donors (Lipinski definition) is 0. The van der Waals surface area contributed by atoms with Crippen LogP contribution in [0.4, 0.5) is 8.78 Å². The van der Waals surface area contributed by atoms with Gasteiger partial charge in [-0.2, -0.15) is 0 Å². The van der Waals surface area contributed by atoms with Crippen molar-refractivity contribution >= 4 is 30.1 Å². The molecule has 4 heteroatoms. The van der Waals surface area contributed by atoms with Crippen LogP contribution in [0.5, 0.6) is 0 Å². The molecule has 0 aliphatic carbocycles. The summed E-state index contributed by atoms with van der Waals surface area (Å²) in [5.74, 6) is 0. The van der Waals surface area contributed by atoms with Crippen LogP contribution in [0.25, 0.3) is 0 Å². The van der Waals surface area contributed by atoms with Gasteiger partial charge in [-0.05, 0) is 12.1 Å². The Bertz CT molecular complexity index is 222. The van der Waals surface area contributed by atoms with Gasteiger partial charge in [-0.25, -0.2) is 8.78 Å². The van der Waals surface area contributed by atoms with Crippen molar-refractivity contribution in [1.82, 2.24) is 0 Å². The average molecular weight is 286 g/mol. The molecule has 0 nitrogen and oxygen atoms in total. The van der Waals surface area contributed by atoms with Gasteiger partial charge in [-0.3, -0.25) is 0 Å². The lowest BCUT2D eigenvalue weighted by Gasteiger charge is -1.98. The Morgan fingerprint density at radius 2 is 1.73 bits per heavy atom. The van der Waals surface area contributed by atoms with Gasteiger partial charge in [0.15, 0.2) is 0 Å². The van der Waals surface area contributed by atoms with Gasteiger partial charge < -0.3 is 0 Å². The molecule has 0 spiro atoms. The van der Waals surface area contributed by atoms with E-state index in [4.69, 9.17) is 0 Å². The van der Waals surface area contributed by atoms with E-state index in [-0.39, 0.29) is 5.56 Å². The standard InChI is InChI=1S/C7H5F2IS/c8-7(9)5-1-3-6(11-10)4-2-5/h1-4,7H. The van der Waals surface area contributed by atoms with Gasteiger partial charge in [0.25, 0.3) is 6.43 Å². The van der Waals surface area contributed by atoms with Gasteiger partial charge in [-0.15, -0.1) is 0 Å². The van der Waals surface area contributed by atoms with Gasteiger partial charge in [0.2, 0.25) is 0 Å². The number of hydrogen-bond acceptors (Lipinski definition) is 1. The molecule has 0 atom stereocenters. The summed E-state index contributed by atoms with van der Waals surface area (Å²) in [5.41, 5.74) is 0.0826. The molecule has 0 heterocycles.